The summed E-state index contributed by atoms with van der Waals surface area (Å²) in [4.78, 5) is 0. The second kappa shape index (κ2) is 9.88. The van der Waals surface area contributed by atoms with Crippen molar-refractivity contribution in [3.8, 4) is 0 Å². The monoisotopic (exact) mass is 194 g/mol. The van der Waals surface area contributed by atoms with Crippen LogP contribution < -0.4 is 0 Å². The van der Waals surface area contributed by atoms with E-state index in [1.807, 2.05) is 0 Å². The maximum Gasteiger partial charge on any atom is 0.0831 e. The van der Waals surface area contributed by atoms with Crippen LogP contribution in [0.2, 0.25) is 0 Å². The smallest absolute Gasteiger partial charge is 0.0831 e. The van der Waals surface area contributed by atoms with Gasteiger partial charge in [-0.2, -0.15) is 0 Å². The van der Waals surface area contributed by atoms with Crippen LogP contribution in [-0.4, -0.2) is 61.1 Å². The lowest BCUT2D eigenvalue weighted by Crippen LogP contribution is -2.23. The Balaban J connectivity index is 3.41. The Kier molecular flexibility index (Phi) is 9.73. The summed E-state index contributed by atoms with van der Waals surface area (Å²) in [5.41, 5.74) is 0. The van der Waals surface area contributed by atoms with E-state index < -0.39 is 0 Å². The summed E-state index contributed by atoms with van der Waals surface area (Å²) < 4.78 is 10.2. The average molecular weight is 194 g/mol. The van der Waals surface area contributed by atoms with Crippen molar-refractivity contribution >= 4 is 0 Å². The third kappa shape index (κ3) is 8.14. The molecule has 13 heavy (non-hydrogen) atoms. The van der Waals surface area contributed by atoms with Gasteiger partial charge in [0.1, 0.15) is 0 Å². The van der Waals surface area contributed by atoms with E-state index in [0.29, 0.717) is 13.0 Å². The predicted octanol–water partition coefficient (Wildman–Crippen LogP) is -1.24. The van der Waals surface area contributed by atoms with Gasteiger partial charge in [0.15, 0.2) is 0 Å². The maximum atomic E-state index is 8.65. The van der Waals surface area contributed by atoms with Crippen LogP contribution in [0.5, 0.6) is 0 Å². The first-order valence-corrected chi connectivity index (χ1v) is 4.37. The van der Waals surface area contributed by atoms with Crippen LogP contribution in [0.3, 0.4) is 0 Å². The minimum atomic E-state index is -0.205. The van der Waals surface area contributed by atoms with Gasteiger partial charge < -0.3 is 24.8 Å². The molecule has 0 radical (unpaired) electrons. The average Bonchev–Trinajstić information content (AvgIpc) is 2.14. The molecule has 5 nitrogen and oxygen atoms in total. The van der Waals surface area contributed by atoms with Crippen molar-refractivity contribution in [3.05, 3.63) is 0 Å². The van der Waals surface area contributed by atoms with E-state index in [1.54, 1.807) is 0 Å². The predicted molar refractivity (Wildman–Crippen MR) is 46.4 cm³/mol. The second-order valence-corrected chi connectivity index (χ2v) is 2.53. The van der Waals surface area contributed by atoms with Crippen LogP contribution >= 0.6 is 0 Å². The Hall–Kier alpha value is -0.200. The number of hydrogen-bond acceptors (Lipinski definition) is 5. The summed E-state index contributed by atoms with van der Waals surface area (Å²) in [6, 6.07) is 0. The summed E-state index contributed by atoms with van der Waals surface area (Å²) in [5.74, 6) is 0. The van der Waals surface area contributed by atoms with E-state index in [1.165, 1.54) is 0 Å². The molecule has 0 aromatic carbocycles. The Bertz CT molecular complexity index is 98.5. The Morgan fingerprint density at radius 1 is 0.923 bits per heavy atom. The molecule has 0 saturated carbocycles. The van der Waals surface area contributed by atoms with Gasteiger partial charge in [-0.1, -0.05) is 0 Å². The van der Waals surface area contributed by atoms with E-state index in [0.717, 1.165) is 0 Å². The van der Waals surface area contributed by atoms with Crippen LogP contribution in [-0.2, 0) is 9.47 Å². The van der Waals surface area contributed by atoms with Crippen LogP contribution in [0.1, 0.15) is 6.42 Å². The molecule has 0 fully saturated rings. The molecule has 0 aromatic rings. The SMILES string of the molecule is OCCOCC(CCO)OCCO. The minimum Gasteiger partial charge on any atom is -0.396 e. The third-order valence-electron chi connectivity index (χ3n) is 1.44. The standard InChI is InChI=1S/C8H18O5/c9-2-1-8(13-6-4-11)7-12-5-3-10/h8-11H,1-7H2. The van der Waals surface area contributed by atoms with Crippen LogP contribution in [0, 0.1) is 0 Å². The summed E-state index contributed by atoms with van der Waals surface area (Å²) in [6.45, 7) is 0.811. The molecule has 0 saturated heterocycles. The lowest BCUT2D eigenvalue weighted by atomic mass is 10.3. The van der Waals surface area contributed by atoms with E-state index in [-0.39, 0.29) is 39.1 Å². The molecule has 1 unspecified atom stereocenters. The lowest BCUT2D eigenvalue weighted by molar-refractivity contribution is -0.0420. The highest BCUT2D eigenvalue weighted by Crippen LogP contribution is 1.98. The number of hydrogen-bond donors (Lipinski definition) is 3. The number of aliphatic hydroxyl groups is 3. The molecule has 5 heteroatoms. The number of aliphatic hydroxyl groups excluding tert-OH is 3. The maximum absolute atomic E-state index is 8.65. The number of rotatable bonds is 9. The van der Waals surface area contributed by atoms with Crippen molar-refractivity contribution in [2.24, 2.45) is 0 Å². The van der Waals surface area contributed by atoms with Crippen LogP contribution in [0.25, 0.3) is 0 Å². The number of ether oxygens (including phenoxy) is 2. The lowest BCUT2D eigenvalue weighted by Gasteiger charge is -2.15. The summed E-state index contributed by atoms with van der Waals surface area (Å²) >= 11 is 0. The van der Waals surface area contributed by atoms with E-state index in [4.69, 9.17) is 24.8 Å². The molecule has 0 aromatic heterocycles. The van der Waals surface area contributed by atoms with Gasteiger partial charge in [0.2, 0.25) is 0 Å². The van der Waals surface area contributed by atoms with E-state index in [9.17, 15) is 0 Å². The van der Waals surface area contributed by atoms with Crippen LogP contribution in [0.4, 0.5) is 0 Å². The second-order valence-electron chi connectivity index (χ2n) is 2.53. The van der Waals surface area contributed by atoms with Crippen molar-refractivity contribution in [3.63, 3.8) is 0 Å². The van der Waals surface area contributed by atoms with Gasteiger partial charge in [-0.3, -0.25) is 0 Å². The van der Waals surface area contributed by atoms with E-state index >= 15 is 0 Å². The molecule has 0 spiro atoms. The van der Waals surface area contributed by atoms with Gasteiger partial charge in [0.25, 0.3) is 0 Å². The molecule has 1 atom stereocenters. The first kappa shape index (κ1) is 12.8. The zero-order valence-corrected chi connectivity index (χ0v) is 7.69. The van der Waals surface area contributed by atoms with Crippen molar-refractivity contribution in [2.75, 3.05) is 39.6 Å². The van der Waals surface area contributed by atoms with Gasteiger partial charge in [-0.25, -0.2) is 0 Å². The molecular weight excluding hydrogens is 176 g/mol. The fraction of sp³-hybridized carbons (Fsp3) is 1.00. The zero-order chi connectivity index (χ0) is 9.94. The van der Waals surface area contributed by atoms with Gasteiger partial charge >= 0.3 is 0 Å². The molecule has 0 aliphatic heterocycles. The summed E-state index contributed by atoms with van der Waals surface area (Å²) in [6.07, 6.45) is 0.273. The fourth-order valence-electron chi connectivity index (χ4n) is 0.857. The Morgan fingerprint density at radius 3 is 2.15 bits per heavy atom. The van der Waals surface area contributed by atoms with Gasteiger partial charge in [-0.05, 0) is 6.42 Å². The zero-order valence-electron chi connectivity index (χ0n) is 7.69. The van der Waals surface area contributed by atoms with Gasteiger partial charge in [0.05, 0.1) is 39.1 Å². The van der Waals surface area contributed by atoms with Gasteiger partial charge in [-0.15, -0.1) is 0 Å². The molecule has 0 amide bonds. The highest BCUT2D eigenvalue weighted by molar-refractivity contribution is 4.55. The van der Waals surface area contributed by atoms with E-state index in [2.05, 4.69) is 0 Å². The van der Waals surface area contributed by atoms with Crippen molar-refractivity contribution in [1.29, 1.82) is 0 Å². The van der Waals surface area contributed by atoms with Crippen molar-refractivity contribution in [2.45, 2.75) is 12.5 Å². The molecule has 3 N–H and O–H groups in total. The Morgan fingerprint density at radius 2 is 1.62 bits per heavy atom. The van der Waals surface area contributed by atoms with Crippen molar-refractivity contribution in [1.82, 2.24) is 0 Å². The summed E-state index contributed by atoms with van der Waals surface area (Å²) in [7, 11) is 0. The first-order chi connectivity index (χ1) is 6.35. The normalized spacial score (nSPS) is 13.2. The molecule has 80 valence electrons. The molecule has 0 bridgehead atoms. The third-order valence-corrected chi connectivity index (χ3v) is 1.44. The molecular formula is C8H18O5. The largest absolute Gasteiger partial charge is 0.396 e. The first-order valence-electron chi connectivity index (χ1n) is 4.37. The Labute approximate surface area is 77.9 Å². The fourth-order valence-corrected chi connectivity index (χ4v) is 0.857. The van der Waals surface area contributed by atoms with Crippen LogP contribution in [0.15, 0.2) is 0 Å². The van der Waals surface area contributed by atoms with Crippen molar-refractivity contribution < 1.29 is 24.8 Å². The molecule has 0 aliphatic carbocycles. The molecule has 0 rings (SSSR count). The molecule has 0 aliphatic rings. The topological polar surface area (TPSA) is 79.2 Å². The van der Waals surface area contributed by atoms with Gasteiger partial charge in [0, 0.05) is 6.61 Å². The summed E-state index contributed by atoms with van der Waals surface area (Å²) in [5, 5.41) is 25.6. The minimum absolute atomic E-state index is 0.0220. The highest BCUT2D eigenvalue weighted by Gasteiger charge is 2.07. The highest BCUT2D eigenvalue weighted by atomic mass is 16.5. The molecule has 0 heterocycles. The quantitative estimate of drug-likeness (QED) is 0.400.